The quantitative estimate of drug-likeness (QED) is 0.217. The Hall–Kier alpha value is -3.73. The molecule has 0 bridgehead atoms. The molecule has 184 valence electrons. The molecule has 0 radical (unpaired) electrons. The molecule has 0 N–H and O–H groups in total. The zero-order chi connectivity index (χ0) is 25.6. The van der Waals surface area contributed by atoms with Gasteiger partial charge in [-0.1, -0.05) is 76.2 Å². The van der Waals surface area contributed by atoms with Crippen LogP contribution >= 0.6 is 0 Å². The van der Waals surface area contributed by atoms with Crippen molar-refractivity contribution in [2.45, 2.75) is 59.4 Å². The minimum absolute atomic E-state index is 0.00852. The second kappa shape index (κ2) is 7.88. The van der Waals surface area contributed by atoms with Crippen molar-refractivity contribution in [2.75, 3.05) is 14.4 Å². The Morgan fingerprint density at radius 2 is 1.24 bits per heavy atom. The van der Waals surface area contributed by atoms with Crippen LogP contribution in [0, 0.1) is 6.92 Å². The van der Waals surface area contributed by atoms with Crippen LogP contribution in [0.3, 0.4) is 0 Å². The van der Waals surface area contributed by atoms with Gasteiger partial charge in [0.05, 0.1) is 17.6 Å². The van der Waals surface area contributed by atoms with Crippen LogP contribution in [0.4, 0.5) is 34.3 Å². The normalized spacial score (nSPS) is 16.9. The molecule has 1 atom stereocenters. The summed E-state index contributed by atoms with van der Waals surface area (Å²) in [5, 5.41) is 0. The van der Waals surface area contributed by atoms with E-state index in [0.29, 0.717) is 11.8 Å². The van der Waals surface area contributed by atoms with Gasteiger partial charge in [0.2, 0.25) is 0 Å². The van der Waals surface area contributed by atoms with Gasteiger partial charge in [0.15, 0.2) is 0 Å². The summed E-state index contributed by atoms with van der Waals surface area (Å²) >= 11 is 0. The summed E-state index contributed by atoms with van der Waals surface area (Å²) in [4.78, 5) is 7.82. The topological polar surface area (TPSA) is 13.6 Å². The number of rotatable bonds is 3. The van der Waals surface area contributed by atoms with Gasteiger partial charge < -0.3 is 9.62 Å². The van der Waals surface area contributed by atoms with Crippen molar-refractivity contribution < 1.29 is 4.57 Å². The highest BCUT2D eigenvalue weighted by Gasteiger charge is 2.64. The first-order valence-electron chi connectivity index (χ1n) is 13.6. The Labute approximate surface area is 220 Å². The first kappa shape index (κ1) is 22.5. The molecule has 4 heterocycles. The second-order valence-electron chi connectivity index (χ2n) is 11.4. The number of nitrogens with zero attached hydrogens (tertiary/aromatic N) is 4. The van der Waals surface area contributed by atoms with Crippen molar-refractivity contribution in [3.05, 3.63) is 101 Å². The van der Waals surface area contributed by atoms with Gasteiger partial charge in [-0.05, 0) is 66.6 Å². The van der Waals surface area contributed by atoms with Crippen molar-refractivity contribution in [3.63, 3.8) is 0 Å². The maximum absolute atomic E-state index is 2.64. The van der Waals surface area contributed by atoms with Crippen LogP contribution in [0.15, 0.2) is 79.0 Å². The van der Waals surface area contributed by atoms with Crippen molar-refractivity contribution >= 4 is 41.4 Å². The predicted molar refractivity (Wildman–Crippen MR) is 155 cm³/mol. The number of anilines is 6. The third-order valence-corrected chi connectivity index (χ3v) is 8.52. The maximum atomic E-state index is 2.64. The van der Waals surface area contributed by atoms with E-state index >= 15 is 0 Å². The van der Waals surface area contributed by atoms with E-state index in [2.05, 4.69) is 140 Å². The molecular weight excluding hydrogens is 451 g/mol. The Balaban J connectivity index is 1.59. The first-order chi connectivity index (χ1) is 17.9. The van der Waals surface area contributed by atoms with Crippen molar-refractivity contribution in [1.82, 2.24) is 0 Å². The van der Waals surface area contributed by atoms with Gasteiger partial charge in [0.25, 0.3) is 5.82 Å². The van der Waals surface area contributed by atoms with E-state index in [-0.39, 0.29) is 13.2 Å². The highest BCUT2D eigenvalue weighted by Crippen LogP contribution is 2.58. The van der Waals surface area contributed by atoms with Gasteiger partial charge >= 0.3 is 7.12 Å². The number of hydrogen-bond donors (Lipinski definition) is 0. The average molecular weight is 485 g/mol. The number of benzene rings is 3. The molecule has 4 aromatic rings. The minimum Gasteiger partial charge on any atom is -0.320 e. The van der Waals surface area contributed by atoms with Gasteiger partial charge in [-0.15, -0.1) is 0 Å². The molecule has 37 heavy (non-hydrogen) atoms. The van der Waals surface area contributed by atoms with E-state index in [4.69, 9.17) is 0 Å². The molecule has 0 spiro atoms. The van der Waals surface area contributed by atoms with Crippen LogP contribution in [0.1, 0.15) is 74.8 Å². The SMILES string of the molecule is Cc1cc[n+]2c3c1N1B(N(c4c(C(C)C)cccc4C(C)C)c4ccccc41)N3c1ccccc1[C@H]2C. The first-order valence-corrected chi connectivity index (χ1v) is 13.6. The lowest BCUT2D eigenvalue weighted by atomic mass is 9.81. The van der Waals surface area contributed by atoms with Crippen molar-refractivity contribution in [3.8, 4) is 0 Å². The van der Waals surface area contributed by atoms with Crippen LogP contribution in [0.5, 0.6) is 0 Å². The van der Waals surface area contributed by atoms with E-state index in [1.54, 1.807) is 0 Å². The molecule has 0 fully saturated rings. The van der Waals surface area contributed by atoms with Crippen LogP contribution in [-0.4, -0.2) is 7.12 Å². The second-order valence-corrected chi connectivity index (χ2v) is 11.4. The van der Waals surface area contributed by atoms with E-state index in [1.807, 2.05) is 0 Å². The van der Waals surface area contributed by atoms with Gasteiger partial charge in [-0.3, -0.25) is 0 Å². The minimum atomic E-state index is -0.00852. The highest BCUT2D eigenvalue weighted by atomic mass is 15.5. The number of fused-ring (bicyclic) bond motifs is 7. The average Bonchev–Trinajstić information content (AvgIpc) is 3.41. The third kappa shape index (κ3) is 2.88. The molecular formula is C32H34BN4+. The van der Waals surface area contributed by atoms with Gasteiger partial charge in [-0.25, -0.2) is 9.38 Å². The maximum Gasteiger partial charge on any atom is 0.644 e. The molecule has 0 saturated heterocycles. The van der Waals surface area contributed by atoms with Crippen LogP contribution in [-0.2, 0) is 0 Å². The summed E-state index contributed by atoms with van der Waals surface area (Å²) in [6, 6.07) is 27.4. The van der Waals surface area contributed by atoms with Gasteiger partial charge in [-0.2, -0.15) is 0 Å². The summed E-state index contributed by atoms with van der Waals surface area (Å²) in [6.07, 6.45) is 2.28. The number of pyridine rings is 1. The summed E-state index contributed by atoms with van der Waals surface area (Å²) in [6.45, 7) is 13.9. The molecule has 4 nitrogen and oxygen atoms in total. The zero-order valence-corrected chi connectivity index (χ0v) is 22.6. The van der Waals surface area contributed by atoms with Crippen LogP contribution in [0.25, 0.3) is 0 Å². The number of hydrogen-bond acceptors (Lipinski definition) is 3. The summed E-state index contributed by atoms with van der Waals surface area (Å²) in [7, 11) is -0.00852. The predicted octanol–water partition coefficient (Wildman–Crippen LogP) is 7.88. The Morgan fingerprint density at radius 3 is 1.86 bits per heavy atom. The molecule has 0 unspecified atom stereocenters. The largest absolute Gasteiger partial charge is 0.644 e. The Bertz CT molecular complexity index is 1530. The molecule has 7 rings (SSSR count). The lowest BCUT2D eigenvalue weighted by Gasteiger charge is -2.34. The number of aromatic nitrogens is 1. The molecule has 3 aliphatic rings. The van der Waals surface area contributed by atoms with Crippen molar-refractivity contribution in [1.29, 1.82) is 0 Å². The highest BCUT2D eigenvalue weighted by molar-refractivity contribution is 6.80. The molecule has 1 aromatic heterocycles. The summed E-state index contributed by atoms with van der Waals surface area (Å²) < 4.78 is 2.47. The molecule has 0 aliphatic carbocycles. The number of para-hydroxylation sites is 4. The van der Waals surface area contributed by atoms with Crippen LogP contribution < -0.4 is 19.0 Å². The molecule has 0 saturated carbocycles. The molecule has 3 aliphatic heterocycles. The zero-order valence-electron chi connectivity index (χ0n) is 22.6. The van der Waals surface area contributed by atoms with E-state index in [9.17, 15) is 0 Å². The number of aryl methyl sites for hydroxylation is 1. The molecule has 5 heteroatoms. The van der Waals surface area contributed by atoms with E-state index in [1.165, 1.54) is 56.5 Å². The fourth-order valence-corrected chi connectivity index (χ4v) is 6.78. The lowest BCUT2D eigenvalue weighted by molar-refractivity contribution is -0.698. The summed E-state index contributed by atoms with van der Waals surface area (Å²) in [5.74, 6) is 2.13. The third-order valence-electron chi connectivity index (χ3n) is 8.52. The monoisotopic (exact) mass is 485 g/mol. The smallest absolute Gasteiger partial charge is 0.320 e. The molecule has 0 amide bonds. The van der Waals surface area contributed by atoms with E-state index in [0.717, 1.165) is 0 Å². The van der Waals surface area contributed by atoms with Crippen LogP contribution in [0.2, 0.25) is 0 Å². The fourth-order valence-electron chi connectivity index (χ4n) is 6.78. The Kier molecular flexibility index (Phi) is 4.79. The van der Waals surface area contributed by atoms with Gasteiger partial charge in [0, 0.05) is 11.3 Å². The van der Waals surface area contributed by atoms with E-state index < -0.39 is 0 Å². The van der Waals surface area contributed by atoms with Crippen molar-refractivity contribution in [2.24, 2.45) is 0 Å². The molecule has 3 aromatic carbocycles. The summed E-state index contributed by atoms with van der Waals surface area (Å²) in [5.41, 5.74) is 12.0. The Morgan fingerprint density at radius 1 is 0.676 bits per heavy atom. The standard InChI is InChI=1S/C32H34BN4/c1-20(2)24-13-11-14-25(21(3)4)31(24)36-29-17-10-9-16-28(29)35-30-22(5)18-19-34-23(6)26-12-7-8-15-27(26)37(32(30)34)33(35)36/h7-21,23H,1-6H3/q+1/t23-/m1/s1. The fraction of sp³-hybridized carbons (Fsp3) is 0.281. The van der Waals surface area contributed by atoms with Gasteiger partial charge in [0.1, 0.15) is 17.4 Å². The lowest BCUT2D eigenvalue weighted by Crippen LogP contribution is -2.56.